The first-order valence-corrected chi connectivity index (χ1v) is 5.97. The summed E-state index contributed by atoms with van der Waals surface area (Å²) in [6, 6.07) is 1.17. The van der Waals surface area contributed by atoms with Gasteiger partial charge in [0.05, 0.1) is 11.8 Å². The fourth-order valence-electron chi connectivity index (χ4n) is 1.56. The van der Waals surface area contributed by atoms with E-state index in [2.05, 4.69) is 4.98 Å². The number of halogens is 2. The Bertz CT molecular complexity index is 409. The molecule has 3 nitrogen and oxygen atoms in total. The van der Waals surface area contributed by atoms with Gasteiger partial charge in [0.1, 0.15) is 11.0 Å². The van der Waals surface area contributed by atoms with Crippen LogP contribution in [0.1, 0.15) is 37.6 Å². The molecule has 0 fully saturated rings. The summed E-state index contributed by atoms with van der Waals surface area (Å²) < 4.78 is 13.1. The van der Waals surface area contributed by atoms with Crippen molar-refractivity contribution < 1.29 is 9.18 Å². The SMILES string of the molecule is CCCN(C(=O)c1cc(F)cnc1Cl)C(C)C. The van der Waals surface area contributed by atoms with Gasteiger partial charge < -0.3 is 4.90 Å². The number of carbonyl (C=O) groups excluding carboxylic acids is 1. The normalized spacial score (nSPS) is 10.7. The minimum atomic E-state index is -0.557. The molecule has 1 amide bonds. The van der Waals surface area contributed by atoms with Gasteiger partial charge in [-0.25, -0.2) is 9.37 Å². The van der Waals surface area contributed by atoms with E-state index < -0.39 is 5.82 Å². The van der Waals surface area contributed by atoms with Gasteiger partial charge in [-0.1, -0.05) is 18.5 Å². The molecule has 0 aromatic carbocycles. The van der Waals surface area contributed by atoms with E-state index in [4.69, 9.17) is 11.6 Å². The van der Waals surface area contributed by atoms with Crippen LogP contribution in [0.15, 0.2) is 12.3 Å². The van der Waals surface area contributed by atoms with Crippen LogP contribution in [0, 0.1) is 5.82 Å². The number of hydrogen-bond donors (Lipinski definition) is 0. The van der Waals surface area contributed by atoms with Crippen molar-refractivity contribution in [2.45, 2.75) is 33.2 Å². The van der Waals surface area contributed by atoms with E-state index in [0.717, 1.165) is 18.7 Å². The van der Waals surface area contributed by atoms with Crippen molar-refractivity contribution in [1.29, 1.82) is 0 Å². The highest BCUT2D eigenvalue weighted by Gasteiger charge is 2.21. The fraction of sp³-hybridized carbons (Fsp3) is 0.500. The zero-order valence-electron chi connectivity index (χ0n) is 10.2. The third-order valence-electron chi connectivity index (χ3n) is 2.38. The summed E-state index contributed by atoms with van der Waals surface area (Å²) in [4.78, 5) is 17.5. The predicted molar refractivity (Wildman–Crippen MR) is 65.7 cm³/mol. The zero-order valence-corrected chi connectivity index (χ0v) is 11.0. The maximum atomic E-state index is 13.1. The largest absolute Gasteiger partial charge is 0.336 e. The van der Waals surface area contributed by atoms with Gasteiger partial charge >= 0.3 is 0 Å². The molecule has 0 N–H and O–H groups in total. The minimum absolute atomic E-state index is 0.0400. The lowest BCUT2D eigenvalue weighted by Gasteiger charge is -2.26. The van der Waals surface area contributed by atoms with E-state index in [-0.39, 0.29) is 22.7 Å². The molecule has 5 heteroatoms. The number of rotatable bonds is 4. The quantitative estimate of drug-likeness (QED) is 0.778. The van der Waals surface area contributed by atoms with E-state index in [1.165, 1.54) is 0 Å². The third-order valence-corrected chi connectivity index (χ3v) is 2.69. The average molecular weight is 259 g/mol. The number of amides is 1. The second-order valence-electron chi connectivity index (χ2n) is 4.08. The van der Waals surface area contributed by atoms with Crippen molar-refractivity contribution in [1.82, 2.24) is 9.88 Å². The molecule has 0 saturated carbocycles. The Morgan fingerprint density at radius 1 is 1.59 bits per heavy atom. The molecule has 0 aliphatic carbocycles. The van der Waals surface area contributed by atoms with Gasteiger partial charge in [0.2, 0.25) is 0 Å². The molecule has 0 radical (unpaired) electrons. The highest BCUT2D eigenvalue weighted by atomic mass is 35.5. The second kappa shape index (κ2) is 5.96. The first-order chi connectivity index (χ1) is 7.97. The molecule has 0 unspecified atom stereocenters. The van der Waals surface area contributed by atoms with Crippen LogP contribution in [-0.2, 0) is 0 Å². The van der Waals surface area contributed by atoms with Gasteiger partial charge in [0.15, 0.2) is 0 Å². The Morgan fingerprint density at radius 2 is 2.24 bits per heavy atom. The Hall–Kier alpha value is -1.16. The van der Waals surface area contributed by atoms with Crippen LogP contribution in [-0.4, -0.2) is 28.4 Å². The first-order valence-electron chi connectivity index (χ1n) is 5.59. The molecule has 1 aromatic heterocycles. The molecule has 0 spiro atoms. The molecular formula is C12H16ClFN2O. The van der Waals surface area contributed by atoms with Gasteiger partial charge in [-0.15, -0.1) is 0 Å². The van der Waals surface area contributed by atoms with Gasteiger partial charge in [0.25, 0.3) is 5.91 Å². The lowest BCUT2D eigenvalue weighted by molar-refractivity contribution is 0.0705. The fourth-order valence-corrected chi connectivity index (χ4v) is 1.75. The van der Waals surface area contributed by atoms with Gasteiger partial charge in [-0.05, 0) is 26.3 Å². The maximum absolute atomic E-state index is 13.1. The highest BCUT2D eigenvalue weighted by Crippen LogP contribution is 2.17. The molecule has 17 heavy (non-hydrogen) atoms. The van der Waals surface area contributed by atoms with Crippen LogP contribution in [0.5, 0.6) is 0 Å². The first kappa shape index (κ1) is 13.9. The molecule has 1 aromatic rings. The molecular weight excluding hydrogens is 243 g/mol. The van der Waals surface area contributed by atoms with E-state index >= 15 is 0 Å². The smallest absolute Gasteiger partial charge is 0.257 e. The molecule has 94 valence electrons. The molecule has 0 aliphatic heterocycles. The summed E-state index contributed by atoms with van der Waals surface area (Å²) in [7, 11) is 0. The van der Waals surface area contributed by atoms with E-state index in [1.807, 2.05) is 20.8 Å². The van der Waals surface area contributed by atoms with Crippen molar-refractivity contribution in [3.8, 4) is 0 Å². The number of hydrogen-bond acceptors (Lipinski definition) is 2. The lowest BCUT2D eigenvalue weighted by Crippen LogP contribution is -2.37. The molecule has 0 saturated heterocycles. The topological polar surface area (TPSA) is 33.2 Å². The Balaban J connectivity index is 3.04. The van der Waals surface area contributed by atoms with E-state index in [0.29, 0.717) is 6.54 Å². The van der Waals surface area contributed by atoms with Gasteiger partial charge in [-0.3, -0.25) is 4.79 Å². The Kier molecular flexibility index (Phi) is 4.87. The second-order valence-corrected chi connectivity index (χ2v) is 4.44. The van der Waals surface area contributed by atoms with Crippen molar-refractivity contribution in [3.63, 3.8) is 0 Å². The van der Waals surface area contributed by atoms with E-state index in [9.17, 15) is 9.18 Å². The van der Waals surface area contributed by atoms with Gasteiger partial charge in [0, 0.05) is 12.6 Å². The monoisotopic (exact) mass is 258 g/mol. The summed E-state index contributed by atoms with van der Waals surface area (Å²) in [6.07, 6.45) is 1.84. The average Bonchev–Trinajstić information content (AvgIpc) is 2.28. The summed E-state index contributed by atoms with van der Waals surface area (Å²) in [6.45, 7) is 6.42. The van der Waals surface area contributed by atoms with Crippen molar-refractivity contribution in [2.24, 2.45) is 0 Å². The zero-order chi connectivity index (χ0) is 13.0. The van der Waals surface area contributed by atoms with Crippen molar-refractivity contribution >= 4 is 17.5 Å². The molecule has 0 aliphatic rings. The van der Waals surface area contributed by atoms with Crippen LogP contribution < -0.4 is 0 Å². The molecule has 0 bridgehead atoms. The summed E-state index contributed by atoms with van der Waals surface area (Å²) in [5.74, 6) is -0.836. The Labute approximate surface area is 106 Å². The number of nitrogens with zero attached hydrogens (tertiary/aromatic N) is 2. The third kappa shape index (κ3) is 3.40. The Morgan fingerprint density at radius 3 is 2.76 bits per heavy atom. The van der Waals surface area contributed by atoms with Crippen LogP contribution >= 0.6 is 11.6 Å². The standard InChI is InChI=1S/C12H16ClFN2O/c1-4-5-16(8(2)3)12(17)10-6-9(14)7-15-11(10)13/h6-8H,4-5H2,1-3H3. The van der Waals surface area contributed by atoms with Crippen molar-refractivity contribution in [2.75, 3.05) is 6.54 Å². The summed E-state index contributed by atoms with van der Waals surface area (Å²) >= 11 is 5.81. The summed E-state index contributed by atoms with van der Waals surface area (Å²) in [5.41, 5.74) is 0.119. The number of carbonyl (C=O) groups is 1. The number of pyridine rings is 1. The van der Waals surface area contributed by atoms with Crippen LogP contribution in [0.2, 0.25) is 5.15 Å². The molecule has 1 rings (SSSR count). The predicted octanol–water partition coefficient (Wildman–Crippen LogP) is 3.13. The van der Waals surface area contributed by atoms with Crippen molar-refractivity contribution in [3.05, 3.63) is 28.8 Å². The highest BCUT2D eigenvalue weighted by molar-refractivity contribution is 6.32. The van der Waals surface area contributed by atoms with Crippen LogP contribution in [0.25, 0.3) is 0 Å². The minimum Gasteiger partial charge on any atom is -0.336 e. The van der Waals surface area contributed by atoms with E-state index in [1.54, 1.807) is 4.90 Å². The maximum Gasteiger partial charge on any atom is 0.257 e. The number of aromatic nitrogens is 1. The summed E-state index contributed by atoms with van der Waals surface area (Å²) in [5, 5.41) is 0.0400. The molecule has 1 heterocycles. The molecule has 0 atom stereocenters. The lowest BCUT2D eigenvalue weighted by atomic mass is 10.2. The van der Waals surface area contributed by atoms with Crippen LogP contribution in [0.3, 0.4) is 0 Å². The van der Waals surface area contributed by atoms with Gasteiger partial charge in [-0.2, -0.15) is 0 Å². The van der Waals surface area contributed by atoms with Crippen LogP contribution in [0.4, 0.5) is 4.39 Å².